The van der Waals surface area contributed by atoms with Crippen molar-refractivity contribution in [3.63, 3.8) is 0 Å². The average molecular weight is 469 g/mol. The second-order valence-electron chi connectivity index (χ2n) is 7.44. The molecule has 1 atom stereocenters. The Bertz CT molecular complexity index is 1310. The molecule has 3 heterocycles. The zero-order valence-corrected chi connectivity index (χ0v) is 19.8. The molecule has 0 aliphatic rings. The number of nitrogens with zero attached hydrogens (tertiary/aromatic N) is 3. The molecule has 0 fully saturated rings. The molecule has 4 aromatic rings. The SMILES string of the molecule is CC[C@H](C)NC(=O)CSc1nc2c(sc3ncccc32)c(=O)n1Cc1ccc(OC)cc1. The lowest BCUT2D eigenvalue weighted by Crippen LogP contribution is -2.33. The number of hydrogen-bond acceptors (Lipinski definition) is 7. The van der Waals surface area contributed by atoms with Crippen molar-refractivity contribution in [3.05, 3.63) is 58.5 Å². The van der Waals surface area contributed by atoms with Gasteiger partial charge in [-0.2, -0.15) is 0 Å². The van der Waals surface area contributed by atoms with Gasteiger partial charge in [-0.1, -0.05) is 30.8 Å². The molecule has 0 spiro atoms. The summed E-state index contributed by atoms with van der Waals surface area (Å²) in [6, 6.07) is 11.4. The summed E-state index contributed by atoms with van der Waals surface area (Å²) in [4.78, 5) is 35.8. The van der Waals surface area contributed by atoms with Gasteiger partial charge >= 0.3 is 0 Å². The second-order valence-corrected chi connectivity index (χ2v) is 9.38. The van der Waals surface area contributed by atoms with Crippen LogP contribution in [0, 0.1) is 0 Å². The third kappa shape index (κ3) is 4.63. The summed E-state index contributed by atoms with van der Waals surface area (Å²) < 4.78 is 7.44. The molecule has 32 heavy (non-hydrogen) atoms. The van der Waals surface area contributed by atoms with Gasteiger partial charge in [0.1, 0.15) is 15.3 Å². The Labute approximate surface area is 193 Å². The number of benzene rings is 1. The van der Waals surface area contributed by atoms with E-state index in [4.69, 9.17) is 9.72 Å². The van der Waals surface area contributed by atoms with Crippen LogP contribution < -0.4 is 15.6 Å². The fourth-order valence-corrected chi connectivity index (χ4v) is 5.09. The van der Waals surface area contributed by atoms with Gasteiger partial charge in [0.25, 0.3) is 5.56 Å². The first-order chi connectivity index (χ1) is 15.5. The summed E-state index contributed by atoms with van der Waals surface area (Å²) in [6.07, 6.45) is 2.57. The maximum Gasteiger partial charge on any atom is 0.272 e. The highest BCUT2D eigenvalue weighted by atomic mass is 32.2. The van der Waals surface area contributed by atoms with E-state index < -0.39 is 0 Å². The number of ether oxygens (including phenoxy) is 1. The first kappa shape index (κ1) is 22.3. The number of thioether (sulfide) groups is 1. The number of hydrogen-bond donors (Lipinski definition) is 1. The van der Waals surface area contributed by atoms with Gasteiger partial charge in [-0.25, -0.2) is 9.97 Å². The average Bonchev–Trinajstić information content (AvgIpc) is 3.19. The fourth-order valence-electron chi connectivity index (χ4n) is 3.25. The zero-order chi connectivity index (χ0) is 22.7. The quantitative estimate of drug-likeness (QED) is 0.310. The summed E-state index contributed by atoms with van der Waals surface area (Å²) in [5.74, 6) is 0.860. The summed E-state index contributed by atoms with van der Waals surface area (Å²) in [6.45, 7) is 4.34. The van der Waals surface area contributed by atoms with Crippen LogP contribution in [-0.2, 0) is 11.3 Å². The van der Waals surface area contributed by atoms with Crippen molar-refractivity contribution < 1.29 is 9.53 Å². The minimum atomic E-state index is -0.126. The van der Waals surface area contributed by atoms with Gasteiger partial charge in [-0.05, 0) is 43.2 Å². The molecule has 0 saturated heterocycles. The summed E-state index contributed by atoms with van der Waals surface area (Å²) >= 11 is 2.62. The molecule has 0 saturated carbocycles. The van der Waals surface area contributed by atoms with Gasteiger partial charge in [0.15, 0.2) is 5.16 Å². The lowest BCUT2D eigenvalue weighted by Gasteiger charge is -2.14. The fraction of sp³-hybridized carbons (Fsp3) is 0.304. The first-order valence-electron chi connectivity index (χ1n) is 10.3. The van der Waals surface area contributed by atoms with Gasteiger partial charge in [0.05, 0.1) is 24.9 Å². The lowest BCUT2D eigenvalue weighted by atomic mass is 10.2. The van der Waals surface area contributed by atoms with E-state index in [-0.39, 0.29) is 23.3 Å². The molecule has 0 radical (unpaired) electrons. The topological polar surface area (TPSA) is 86.1 Å². The van der Waals surface area contributed by atoms with E-state index in [1.165, 1.54) is 23.1 Å². The standard InChI is InChI=1S/C23H24N4O3S2/c1-4-14(2)25-18(28)13-31-23-26-19-17-6-5-11-24-21(17)32-20(19)22(29)27(23)12-15-7-9-16(30-3)10-8-15/h5-11,14H,4,12-13H2,1-3H3,(H,25,28)/t14-/m0/s1. The van der Waals surface area contributed by atoms with Crippen molar-refractivity contribution in [1.29, 1.82) is 0 Å². The summed E-state index contributed by atoms with van der Waals surface area (Å²) in [7, 11) is 1.62. The maximum atomic E-state index is 13.5. The van der Waals surface area contributed by atoms with Crippen LogP contribution >= 0.6 is 23.1 Å². The number of fused-ring (bicyclic) bond motifs is 3. The number of rotatable bonds is 8. The third-order valence-corrected chi connectivity index (χ3v) is 7.24. The van der Waals surface area contributed by atoms with Crippen molar-refractivity contribution in [3.8, 4) is 5.75 Å². The Morgan fingerprint density at radius 2 is 2.06 bits per heavy atom. The van der Waals surface area contributed by atoms with Gasteiger partial charge < -0.3 is 10.1 Å². The smallest absolute Gasteiger partial charge is 0.272 e. The summed E-state index contributed by atoms with van der Waals surface area (Å²) in [5.41, 5.74) is 1.46. The van der Waals surface area contributed by atoms with E-state index in [0.29, 0.717) is 21.9 Å². The lowest BCUT2D eigenvalue weighted by molar-refractivity contribution is -0.119. The molecule has 0 aliphatic heterocycles. The number of thiophene rings is 1. The number of methoxy groups -OCH3 is 1. The Kier molecular flexibility index (Phi) is 6.76. The van der Waals surface area contributed by atoms with Crippen molar-refractivity contribution in [1.82, 2.24) is 19.9 Å². The van der Waals surface area contributed by atoms with E-state index in [2.05, 4.69) is 10.3 Å². The molecule has 1 amide bonds. The highest BCUT2D eigenvalue weighted by molar-refractivity contribution is 7.99. The predicted molar refractivity (Wildman–Crippen MR) is 130 cm³/mol. The van der Waals surface area contributed by atoms with Crippen molar-refractivity contribution in [2.24, 2.45) is 0 Å². The molecular formula is C23H24N4O3S2. The molecule has 7 nitrogen and oxygen atoms in total. The monoisotopic (exact) mass is 468 g/mol. The van der Waals surface area contributed by atoms with Crippen LogP contribution in [0.5, 0.6) is 5.75 Å². The zero-order valence-electron chi connectivity index (χ0n) is 18.1. The molecule has 1 N–H and O–H groups in total. The predicted octanol–water partition coefficient (Wildman–Crippen LogP) is 4.07. The Morgan fingerprint density at radius 3 is 2.78 bits per heavy atom. The van der Waals surface area contributed by atoms with Crippen molar-refractivity contribution in [2.75, 3.05) is 12.9 Å². The van der Waals surface area contributed by atoms with E-state index >= 15 is 0 Å². The third-order valence-electron chi connectivity index (χ3n) is 5.17. The molecule has 9 heteroatoms. The maximum absolute atomic E-state index is 13.5. The van der Waals surface area contributed by atoms with Crippen LogP contribution in [0.2, 0.25) is 0 Å². The van der Waals surface area contributed by atoms with Crippen LogP contribution in [0.15, 0.2) is 52.5 Å². The van der Waals surface area contributed by atoms with Gasteiger partial charge in [0.2, 0.25) is 5.91 Å². The van der Waals surface area contributed by atoms with Crippen molar-refractivity contribution >= 4 is 49.4 Å². The molecule has 0 aliphatic carbocycles. The van der Waals surface area contributed by atoms with Gasteiger partial charge in [0, 0.05) is 17.6 Å². The van der Waals surface area contributed by atoms with Gasteiger partial charge in [-0.15, -0.1) is 11.3 Å². The Hall–Kier alpha value is -2.91. The minimum Gasteiger partial charge on any atom is -0.497 e. The number of nitrogens with one attached hydrogen (secondary N) is 1. The number of pyridine rings is 1. The Balaban J connectivity index is 1.75. The van der Waals surface area contributed by atoms with Crippen LogP contribution in [0.25, 0.3) is 20.4 Å². The number of amides is 1. The van der Waals surface area contributed by atoms with Crippen LogP contribution in [0.4, 0.5) is 0 Å². The molecular weight excluding hydrogens is 444 g/mol. The first-order valence-corrected chi connectivity index (χ1v) is 12.1. The molecule has 3 aromatic heterocycles. The van der Waals surface area contributed by atoms with E-state index in [1.807, 2.05) is 50.2 Å². The number of carbonyl (C=O) groups is 1. The largest absolute Gasteiger partial charge is 0.497 e. The molecule has 0 bridgehead atoms. The van der Waals surface area contributed by atoms with Gasteiger partial charge in [-0.3, -0.25) is 14.2 Å². The van der Waals surface area contributed by atoms with Crippen LogP contribution in [0.3, 0.4) is 0 Å². The normalized spacial score (nSPS) is 12.2. The molecule has 4 rings (SSSR count). The highest BCUT2D eigenvalue weighted by Crippen LogP contribution is 2.30. The molecule has 1 aromatic carbocycles. The van der Waals surface area contributed by atoms with Crippen LogP contribution in [0.1, 0.15) is 25.8 Å². The number of carbonyl (C=O) groups excluding carboxylic acids is 1. The van der Waals surface area contributed by atoms with E-state index in [0.717, 1.165) is 28.0 Å². The molecule has 0 unspecified atom stereocenters. The van der Waals surface area contributed by atoms with Crippen molar-refractivity contribution in [2.45, 2.75) is 38.0 Å². The van der Waals surface area contributed by atoms with Crippen LogP contribution in [-0.4, -0.2) is 39.3 Å². The minimum absolute atomic E-state index is 0.0773. The second kappa shape index (κ2) is 9.70. The Morgan fingerprint density at radius 1 is 1.28 bits per heavy atom. The van der Waals surface area contributed by atoms with E-state index in [9.17, 15) is 9.59 Å². The number of aromatic nitrogens is 3. The molecule has 166 valence electrons. The highest BCUT2D eigenvalue weighted by Gasteiger charge is 2.18. The van der Waals surface area contributed by atoms with E-state index in [1.54, 1.807) is 17.9 Å². The summed E-state index contributed by atoms with van der Waals surface area (Å²) in [5, 5.41) is 4.33.